The number of nitrogens with zero attached hydrogens (tertiary/aromatic N) is 5. The van der Waals surface area contributed by atoms with Gasteiger partial charge in [0.25, 0.3) is 0 Å². The van der Waals surface area contributed by atoms with E-state index in [-0.39, 0.29) is 5.82 Å². The highest BCUT2D eigenvalue weighted by Gasteiger charge is 2.22. The average Bonchev–Trinajstić information content (AvgIpc) is 2.85. The number of hydrogen-bond donors (Lipinski definition) is 0. The lowest BCUT2D eigenvalue weighted by molar-refractivity contribution is 0.354. The zero-order valence-corrected chi connectivity index (χ0v) is 18.0. The van der Waals surface area contributed by atoms with Crippen molar-refractivity contribution < 1.29 is 13.9 Å². The van der Waals surface area contributed by atoms with Crippen molar-refractivity contribution in [1.82, 2.24) is 9.97 Å². The van der Waals surface area contributed by atoms with Crippen molar-refractivity contribution >= 4 is 11.5 Å². The number of rotatable bonds is 6. The van der Waals surface area contributed by atoms with Crippen molar-refractivity contribution in [3.05, 3.63) is 71.9 Å². The summed E-state index contributed by atoms with van der Waals surface area (Å²) in [5.41, 5.74) is 2.35. The number of methoxy groups -OCH3 is 2. The Labute approximate surface area is 186 Å². The van der Waals surface area contributed by atoms with Crippen LogP contribution >= 0.6 is 0 Å². The lowest BCUT2D eigenvalue weighted by Gasteiger charge is -2.36. The summed E-state index contributed by atoms with van der Waals surface area (Å²) in [7, 11) is 3.14. The molecule has 1 aliphatic heterocycles. The van der Waals surface area contributed by atoms with E-state index in [9.17, 15) is 9.65 Å². The monoisotopic (exact) mass is 433 g/mol. The zero-order chi connectivity index (χ0) is 22.5. The molecule has 2 aromatic carbocycles. The van der Waals surface area contributed by atoms with Crippen LogP contribution in [0, 0.1) is 17.1 Å². The molecule has 7 nitrogen and oxygen atoms in total. The van der Waals surface area contributed by atoms with Crippen LogP contribution in [0.4, 0.5) is 15.9 Å². The third-order valence-corrected chi connectivity index (χ3v) is 5.60. The Morgan fingerprint density at radius 1 is 0.938 bits per heavy atom. The van der Waals surface area contributed by atoms with Gasteiger partial charge in [0.15, 0.2) is 11.5 Å². The Balaban J connectivity index is 1.51. The minimum Gasteiger partial charge on any atom is -0.493 e. The van der Waals surface area contributed by atoms with Crippen LogP contribution in [-0.4, -0.2) is 50.4 Å². The standard InChI is InChI=1S/C24H24FN5O2/c1-31-22-8-3-17(13-23(22)32-2)20(14-26)21-15-27-16-24(28-21)30-11-9-29(10-12-30)19-6-4-18(25)5-7-19/h3-8,13,15-16,20H,9-12H2,1-2H3/t20-/m1/s1. The molecule has 0 N–H and O–H groups in total. The van der Waals surface area contributed by atoms with E-state index in [2.05, 4.69) is 20.9 Å². The maximum absolute atomic E-state index is 13.2. The highest BCUT2D eigenvalue weighted by atomic mass is 19.1. The van der Waals surface area contributed by atoms with Gasteiger partial charge in [0.1, 0.15) is 17.6 Å². The van der Waals surface area contributed by atoms with Crippen LogP contribution in [0.3, 0.4) is 0 Å². The summed E-state index contributed by atoms with van der Waals surface area (Å²) in [4.78, 5) is 13.5. The predicted octanol–water partition coefficient (Wildman–Crippen LogP) is 3.61. The van der Waals surface area contributed by atoms with E-state index in [0.29, 0.717) is 17.2 Å². The second kappa shape index (κ2) is 9.52. The zero-order valence-electron chi connectivity index (χ0n) is 18.0. The number of halogens is 1. The second-order valence-electron chi connectivity index (χ2n) is 7.43. The lowest BCUT2D eigenvalue weighted by atomic mass is 9.97. The molecule has 1 atom stereocenters. The summed E-state index contributed by atoms with van der Waals surface area (Å²) in [6.07, 6.45) is 3.35. The van der Waals surface area contributed by atoms with Gasteiger partial charge in [-0.3, -0.25) is 4.98 Å². The molecule has 1 saturated heterocycles. The summed E-state index contributed by atoms with van der Waals surface area (Å²) >= 11 is 0. The van der Waals surface area contributed by atoms with Gasteiger partial charge in [-0.15, -0.1) is 0 Å². The molecule has 3 aromatic rings. The summed E-state index contributed by atoms with van der Waals surface area (Å²) < 4.78 is 23.9. The Kier molecular flexibility index (Phi) is 6.36. The number of ether oxygens (including phenoxy) is 2. The molecule has 0 saturated carbocycles. The third kappa shape index (κ3) is 4.42. The highest BCUT2D eigenvalue weighted by molar-refractivity contribution is 5.50. The second-order valence-corrected chi connectivity index (χ2v) is 7.43. The van der Waals surface area contributed by atoms with E-state index in [0.717, 1.165) is 43.2 Å². The molecule has 32 heavy (non-hydrogen) atoms. The van der Waals surface area contributed by atoms with E-state index >= 15 is 0 Å². The molecule has 1 aromatic heterocycles. The van der Waals surface area contributed by atoms with Crippen LogP contribution in [0.15, 0.2) is 54.9 Å². The first-order valence-electron chi connectivity index (χ1n) is 10.3. The van der Waals surface area contributed by atoms with Crippen LogP contribution in [0.1, 0.15) is 17.2 Å². The van der Waals surface area contributed by atoms with Crippen LogP contribution < -0.4 is 19.3 Å². The van der Waals surface area contributed by atoms with E-state index in [1.165, 1.54) is 12.1 Å². The third-order valence-electron chi connectivity index (χ3n) is 5.60. The first-order chi connectivity index (χ1) is 15.6. The van der Waals surface area contributed by atoms with E-state index < -0.39 is 5.92 Å². The molecule has 0 aliphatic carbocycles. The fraction of sp³-hybridized carbons (Fsp3) is 0.292. The van der Waals surface area contributed by atoms with Gasteiger partial charge < -0.3 is 19.3 Å². The summed E-state index contributed by atoms with van der Waals surface area (Å²) in [5, 5.41) is 9.87. The minimum atomic E-state index is -0.581. The Hall–Kier alpha value is -3.86. The Morgan fingerprint density at radius 2 is 1.62 bits per heavy atom. The molecule has 0 spiro atoms. The normalized spacial score (nSPS) is 14.6. The molecule has 4 rings (SSSR count). The van der Waals surface area contributed by atoms with E-state index in [4.69, 9.17) is 14.5 Å². The first-order valence-corrected chi connectivity index (χ1v) is 10.3. The van der Waals surface area contributed by atoms with Gasteiger partial charge in [0.05, 0.1) is 38.4 Å². The van der Waals surface area contributed by atoms with Crippen molar-refractivity contribution in [2.45, 2.75) is 5.92 Å². The molecule has 2 heterocycles. The van der Waals surface area contributed by atoms with Gasteiger partial charge >= 0.3 is 0 Å². The van der Waals surface area contributed by atoms with Gasteiger partial charge in [-0.1, -0.05) is 6.07 Å². The van der Waals surface area contributed by atoms with Crippen molar-refractivity contribution in [3.63, 3.8) is 0 Å². The first kappa shape index (κ1) is 21.4. The van der Waals surface area contributed by atoms with Gasteiger partial charge in [-0.05, 0) is 42.0 Å². The molecule has 164 valence electrons. The van der Waals surface area contributed by atoms with Crippen molar-refractivity contribution in [1.29, 1.82) is 5.26 Å². The molecule has 1 fully saturated rings. The number of benzene rings is 2. The molecular formula is C24H24FN5O2. The number of aromatic nitrogens is 2. The minimum absolute atomic E-state index is 0.235. The summed E-state index contributed by atoms with van der Waals surface area (Å²) in [6, 6.07) is 14.3. The molecule has 0 bridgehead atoms. The maximum atomic E-state index is 13.2. The molecule has 0 unspecified atom stereocenters. The topological polar surface area (TPSA) is 74.5 Å². The van der Waals surface area contributed by atoms with Crippen LogP contribution in [-0.2, 0) is 0 Å². The van der Waals surface area contributed by atoms with Crippen LogP contribution in [0.25, 0.3) is 0 Å². The van der Waals surface area contributed by atoms with E-state index in [1.807, 2.05) is 6.07 Å². The van der Waals surface area contributed by atoms with Gasteiger partial charge in [0.2, 0.25) is 0 Å². The molecular weight excluding hydrogens is 409 g/mol. The fourth-order valence-electron chi connectivity index (χ4n) is 3.85. The predicted molar refractivity (Wildman–Crippen MR) is 120 cm³/mol. The largest absolute Gasteiger partial charge is 0.493 e. The van der Waals surface area contributed by atoms with Crippen LogP contribution in [0.5, 0.6) is 11.5 Å². The van der Waals surface area contributed by atoms with Crippen LogP contribution in [0.2, 0.25) is 0 Å². The van der Waals surface area contributed by atoms with E-state index in [1.54, 1.807) is 50.9 Å². The lowest BCUT2D eigenvalue weighted by Crippen LogP contribution is -2.47. The van der Waals surface area contributed by atoms with Gasteiger partial charge in [0, 0.05) is 31.9 Å². The smallest absolute Gasteiger partial charge is 0.161 e. The molecule has 0 amide bonds. The Morgan fingerprint density at radius 3 is 2.28 bits per heavy atom. The number of nitriles is 1. The van der Waals surface area contributed by atoms with Gasteiger partial charge in [-0.25, -0.2) is 9.37 Å². The molecule has 1 aliphatic rings. The molecule has 8 heteroatoms. The molecule has 0 radical (unpaired) electrons. The van der Waals surface area contributed by atoms with Crippen molar-refractivity contribution in [3.8, 4) is 17.6 Å². The van der Waals surface area contributed by atoms with Gasteiger partial charge in [-0.2, -0.15) is 5.26 Å². The maximum Gasteiger partial charge on any atom is 0.161 e. The highest BCUT2D eigenvalue weighted by Crippen LogP contribution is 2.33. The number of piperazine rings is 1. The summed E-state index contributed by atoms with van der Waals surface area (Å²) in [6.45, 7) is 3.08. The SMILES string of the molecule is COc1ccc([C@@H](C#N)c2cncc(N3CCN(c4ccc(F)cc4)CC3)n2)cc1OC. The number of hydrogen-bond acceptors (Lipinski definition) is 7. The fourth-order valence-corrected chi connectivity index (χ4v) is 3.85. The average molecular weight is 433 g/mol. The quantitative estimate of drug-likeness (QED) is 0.588. The summed E-state index contributed by atoms with van der Waals surface area (Å²) in [5.74, 6) is 1.09. The van der Waals surface area contributed by atoms with Crippen molar-refractivity contribution in [2.24, 2.45) is 0 Å². The van der Waals surface area contributed by atoms with Crippen molar-refractivity contribution in [2.75, 3.05) is 50.2 Å². The number of anilines is 2. The Bertz CT molecular complexity index is 1110.